The van der Waals surface area contributed by atoms with E-state index in [-0.39, 0.29) is 24.3 Å². The van der Waals surface area contributed by atoms with Gasteiger partial charge in [0, 0.05) is 5.69 Å². The third-order valence-electron chi connectivity index (χ3n) is 4.30. The lowest BCUT2D eigenvalue weighted by Crippen LogP contribution is -2.24. The van der Waals surface area contributed by atoms with Gasteiger partial charge in [-0.15, -0.1) is 0 Å². The molecule has 0 bridgehead atoms. The summed E-state index contributed by atoms with van der Waals surface area (Å²) in [5.41, 5.74) is 8.86. The van der Waals surface area contributed by atoms with E-state index in [2.05, 4.69) is 10.5 Å². The number of ether oxygens (including phenoxy) is 1. The monoisotopic (exact) mass is 389 g/mol. The summed E-state index contributed by atoms with van der Waals surface area (Å²) in [6.45, 7) is -0.247. The first-order chi connectivity index (χ1) is 14.2. The first kappa shape index (κ1) is 19.9. The minimum Gasteiger partial charge on any atom is -0.497 e. The van der Waals surface area contributed by atoms with Gasteiger partial charge < -0.3 is 20.6 Å². The zero-order valence-corrected chi connectivity index (χ0v) is 16.1. The molecule has 3 aromatic carbocycles. The number of nitrogens with one attached hydrogen (secondary N) is 1. The van der Waals surface area contributed by atoms with Gasteiger partial charge in [-0.05, 0) is 35.4 Å². The van der Waals surface area contributed by atoms with Gasteiger partial charge in [-0.3, -0.25) is 4.79 Å². The molecule has 3 rings (SSSR count). The maximum absolute atomic E-state index is 12.1. The van der Waals surface area contributed by atoms with E-state index in [4.69, 9.17) is 15.3 Å². The van der Waals surface area contributed by atoms with E-state index in [1.54, 1.807) is 31.4 Å². The molecule has 6 heteroatoms. The van der Waals surface area contributed by atoms with Gasteiger partial charge in [-0.2, -0.15) is 0 Å². The molecule has 1 amide bonds. The molecule has 29 heavy (non-hydrogen) atoms. The Morgan fingerprint density at radius 3 is 2.00 bits per heavy atom. The van der Waals surface area contributed by atoms with Crippen molar-refractivity contribution in [3.8, 4) is 5.75 Å². The van der Waals surface area contributed by atoms with Crippen molar-refractivity contribution in [3.63, 3.8) is 0 Å². The number of nitrogens with two attached hydrogens (primary N) is 1. The van der Waals surface area contributed by atoms with E-state index in [0.717, 1.165) is 11.1 Å². The van der Waals surface area contributed by atoms with Crippen LogP contribution < -0.4 is 15.8 Å². The normalized spacial score (nSPS) is 11.2. The molecular formula is C23H23N3O3. The van der Waals surface area contributed by atoms with Crippen LogP contribution in [-0.4, -0.2) is 25.5 Å². The molecule has 148 valence electrons. The van der Waals surface area contributed by atoms with Crippen LogP contribution in [0.4, 0.5) is 5.69 Å². The Morgan fingerprint density at radius 2 is 1.48 bits per heavy atom. The SMILES string of the molecule is COc1ccc(NC(=O)CO/N=C(/N)C(c2ccccc2)c2ccccc2)cc1. The first-order valence-electron chi connectivity index (χ1n) is 9.16. The predicted molar refractivity (Wildman–Crippen MR) is 114 cm³/mol. The second-order valence-electron chi connectivity index (χ2n) is 6.32. The summed E-state index contributed by atoms with van der Waals surface area (Å²) in [4.78, 5) is 17.3. The fraction of sp³-hybridized carbons (Fsp3) is 0.130. The molecule has 0 fully saturated rings. The molecule has 0 aliphatic carbocycles. The molecule has 0 heterocycles. The van der Waals surface area contributed by atoms with E-state index in [9.17, 15) is 4.79 Å². The highest BCUT2D eigenvalue weighted by Crippen LogP contribution is 2.24. The quantitative estimate of drug-likeness (QED) is 0.349. The number of nitrogens with zero attached hydrogens (tertiary/aromatic N) is 1. The van der Waals surface area contributed by atoms with Gasteiger partial charge in [-0.1, -0.05) is 65.8 Å². The second-order valence-corrected chi connectivity index (χ2v) is 6.32. The Bertz CT molecular complexity index is 903. The van der Waals surface area contributed by atoms with Crippen molar-refractivity contribution < 1.29 is 14.4 Å². The number of hydrogen-bond acceptors (Lipinski definition) is 4. The molecule has 0 saturated heterocycles. The Labute approximate surface area is 169 Å². The Morgan fingerprint density at radius 1 is 0.931 bits per heavy atom. The lowest BCUT2D eigenvalue weighted by atomic mass is 9.90. The van der Waals surface area contributed by atoms with Crippen molar-refractivity contribution in [1.29, 1.82) is 0 Å². The van der Waals surface area contributed by atoms with Gasteiger partial charge in [0.15, 0.2) is 12.4 Å². The highest BCUT2D eigenvalue weighted by molar-refractivity contribution is 5.92. The Hall–Kier alpha value is -3.80. The van der Waals surface area contributed by atoms with Crippen LogP contribution in [0, 0.1) is 0 Å². The summed E-state index contributed by atoms with van der Waals surface area (Å²) in [6.07, 6.45) is 0. The molecular weight excluding hydrogens is 366 g/mol. The molecule has 0 aliphatic rings. The lowest BCUT2D eigenvalue weighted by molar-refractivity contribution is -0.120. The zero-order chi connectivity index (χ0) is 20.5. The molecule has 0 aromatic heterocycles. The maximum Gasteiger partial charge on any atom is 0.265 e. The highest BCUT2D eigenvalue weighted by atomic mass is 16.6. The van der Waals surface area contributed by atoms with Crippen molar-refractivity contribution in [2.75, 3.05) is 19.0 Å². The van der Waals surface area contributed by atoms with E-state index >= 15 is 0 Å². The van der Waals surface area contributed by atoms with Crippen LogP contribution in [0.1, 0.15) is 17.0 Å². The third-order valence-corrected chi connectivity index (χ3v) is 4.30. The Kier molecular flexibility index (Phi) is 6.84. The maximum atomic E-state index is 12.1. The fourth-order valence-corrected chi connectivity index (χ4v) is 2.91. The average Bonchev–Trinajstić information content (AvgIpc) is 2.76. The van der Waals surface area contributed by atoms with Crippen LogP contribution in [0.15, 0.2) is 90.1 Å². The number of hydrogen-bond donors (Lipinski definition) is 2. The van der Waals surface area contributed by atoms with E-state index in [1.807, 2.05) is 60.7 Å². The minimum absolute atomic E-state index is 0.247. The molecule has 0 aliphatic heterocycles. The number of amidine groups is 1. The summed E-state index contributed by atoms with van der Waals surface area (Å²) in [5.74, 6) is 0.397. The summed E-state index contributed by atoms with van der Waals surface area (Å²) in [5, 5.41) is 6.73. The van der Waals surface area contributed by atoms with Gasteiger partial charge in [-0.25, -0.2) is 0 Å². The van der Waals surface area contributed by atoms with Gasteiger partial charge in [0.05, 0.1) is 13.0 Å². The highest BCUT2D eigenvalue weighted by Gasteiger charge is 2.19. The smallest absolute Gasteiger partial charge is 0.265 e. The minimum atomic E-state index is -0.331. The molecule has 0 spiro atoms. The van der Waals surface area contributed by atoms with Gasteiger partial charge in [0.25, 0.3) is 5.91 Å². The topological polar surface area (TPSA) is 85.9 Å². The van der Waals surface area contributed by atoms with E-state index < -0.39 is 0 Å². The summed E-state index contributed by atoms with van der Waals surface area (Å²) >= 11 is 0. The number of rotatable bonds is 8. The summed E-state index contributed by atoms with van der Waals surface area (Å²) in [7, 11) is 1.59. The standard InChI is InChI=1S/C23H23N3O3/c1-28-20-14-12-19(13-15-20)25-21(27)16-29-26-23(24)22(17-8-4-2-5-9-17)18-10-6-3-7-11-18/h2-15,22H,16H2,1H3,(H2,24,26)(H,25,27). The van der Waals surface area contributed by atoms with E-state index in [0.29, 0.717) is 11.4 Å². The molecule has 0 radical (unpaired) electrons. The first-order valence-corrected chi connectivity index (χ1v) is 9.16. The second kappa shape index (κ2) is 9.94. The van der Waals surface area contributed by atoms with Crippen molar-refractivity contribution in [2.24, 2.45) is 10.9 Å². The zero-order valence-electron chi connectivity index (χ0n) is 16.1. The molecule has 3 N–H and O–H groups in total. The summed E-state index contributed by atoms with van der Waals surface area (Å²) < 4.78 is 5.09. The summed E-state index contributed by atoms with van der Waals surface area (Å²) in [6, 6.07) is 26.6. The van der Waals surface area contributed by atoms with Crippen LogP contribution in [0.25, 0.3) is 0 Å². The molecule has 0 atom stereocenters. The van der Waals surface area contributed by atoms with Crippen molar-refractivity contribution in [2.45, 2.75) is 5.92 Å². The molecule has 0 unspecified atom stereocenters. The van der Waals surface area contributed by atoms with Crippen LogP contribution in [0.3, 0.4) is 0 Å². The van der Waals surface area contributed by atoms with Crippen LogP contribution in [-0.2, 0) is 9.63 Å². The Balaban J connectivity index is 1.65. The predicted octanol–water partition coefficient (Wildman–Crippen LogP) is 3.75. The number of benzene rings is 3. The molecule has 6 nitrogen and oxygen atoms in total. The number of methoxy groups -OCH3 is 1. The number of carbonyl (C=O) groups is 1. The van der Waals surface area contributed by atoms with Gasteiger partial charge in [0.1, 0.15) is 5.75 Å². The van der Waals surface area contributed by atoms with Crippen molar-refractivity contribution >= 4 is 17.4 Å². The largest absolute Gasteiger partial charge is 0.497 e. The number of oxime groups is 1. The number of anilines is 1. The molecule has 3 aromatic rings. The number of carbonyl (C=O) groups excluding carboxylic acids is 1. The fourth-order valence-electron chi connectivity index (χ4n) is 2.91. The van der Waals surface area contributed by atoms with Crippen molar-refractivity contribution in [1.82, 2.24) is 0 Å². The molecule has 0 saturated carbocycles. The van der Waals surface area contributed by atoms with E-state index in [1.165, 1.54) is 0 Å². The van der Waals surface area contributed by atoms with Gasteiger partial charge >= 0.3 is 0 Å². The van der Waals surface area contributed by atoms with Crippen LogP contribution >= 0.6 is 0 Å². The number of amides is 1. The van der Waals surface area contributed by atoms with Crippen LogP contribution in [0.2, 0.25) is 0 Å². The average molecular weight is 389 g/mol. The lowest BCUT2D eigenvalue weighted by Gasteiger charge is -2.17. The van der Waals surface area contributed by atoms with Gasteiger partial charge in [0.2, 0.25) is 0 Å². The van der Waals surface area contributed by atoms with Crippen molar-refractivity contribution in [3.05, 3.63) is 96.1 Å². The van der Waals surface area contributed by atoms with Crippen LogP contribution in [0.5, 0.6) is 5.75 Å². The third kappa shape index (κ3) is 5.59.